The molecule has 0 radical (unpaired) electrons. The highest BCUT2D eigenvalue weighted by atomic mass is 16.7. The summed E-state index contributed by atoms with van der Waals surface area (Å²) >= 11 is 0. The monoisotopic (exact) mass is 332 g/mol. The first-order valence-corrected chi connectivity index (χ1v) is 7.87. The van der Waals surface area contributed by atoms with Crippen LogP contribution in [-0.4, -0.2) is 11.8 Å². The number of pyridine rings is 1. The highest BCUT2D eigenvalue weighted by Gasteiger charge is 2.09. The lowest BCUT2D eigenvalue weighted by molar-refractivity contribution is -0.380. The fourth-order valence-electron chi connectivity index (χ4n) is 2.35. The van der Waals surface area contributed by atoms with E-state index in [1.165, 1.54) is 0 Å². The zero-order valence-corrected chi connectivity index (χ0v) is 13.6. The molecule has 0 aliphatic rings. The third-order valence-electron chi connectivity index (χ3n) is 3.64. The van der Waals surface area contributed by atoms with Crippen LogP contribution in [0.3, 0.4) is 0 Å². The molecule has 0 bridgehead atoms. The maximum atomic E-state index is 11.9. The molecule has 3 N–H and O–H groups in total. The van der Waals surface area contributed by atoms with Gasteiger partial charge in [0.05, 0.1) is 6.42 Å². The average molecular weight is 332 g/mol. The number of nitrogens with one attached hydrogen (secondary N) is 1. The Hall–Kier alpha value is -3.47. The van der Waals surface area contributed by atoms with E-state index in [0.29, 0.717) is 5.69 Å². The molecule has 0 fully saturated rings. The summed E-state index contributed by atoms with van der Waals surface area (Å²) in [6, 6.07) is 23.2. The molecule has 3 rings (SSSR count). The van der Waals surface area contributed by atoms with Crippen molar-refractivity contribution >= 4 is 11.8 Å². The maximum Gasteiger partial charge on any atom is 0.339 e. The van der Waals surface area contributed by atoms with Gasteiger partial charge in [0, 0.05) is 12.1 Å². The van der Waals surface area contributed by atoms with Crippen molar-refractivity contribution in [3.8, 4) is 11.1 Å². The molecule has 0 saturated carbocycles. The van der Waals surface area contributed by atoms with Crippen LogP contribution in [0.4, 0.5) is 0 Å². The third kappa shape index (κ3) is 4.51. The van der Waals surface area contributed by atoms with Crippen molar-refractivity contribution in [1.29, 1.82) is 0 Å². The zero-order chi connectivity index (χ0) is 17.5. The Kier molecular flexibility index (Phi) is 5.16. The first-order valence-electron chi connectivity index (χ1n) is 7.87. The van der Waals surface area contributed by atoms with Crippen molar-refractivity contribution in [3.63, 3.8) is 0 Å². The molecule has 124 valence electrons. The number of H-pyrrole nitrogens is 1. The lowest BCUT2D eigenvalue weighted by atomic mass is 10.0. The maximum absolute atomic E-state index is 11.9. The van der Waals surface area contributed by atoms with Crippen molar-refractivity contribution in [2.24, 2.45) is 10.9 Å². The summed E-state index contributed by atoms with van der Waals surface area (Å²) in [5, 5.41) is 3.67. The second-order valence-corrected chi connectivity index (χ2v) is 5.46. The second-order valence-electron chi connectivity index (χ2n) is 5.46. The van der Waals surface area contributed by atoms with Crippen LogP contribution in [-0.2, 0) is 16.1 Å². The molecule has 0 spiro atoms. The van der Waals surface area contributed by atoms with E-state index in [0.717, 1.165) is 16.7 Å². The quantitative estimate of drug-likeness (QED) is 0.337. The molecule has 2 aromatic carbocycles. The average Bonchev–Trinajstić information content (AvgIpc) is 2.68. The number of rotatable bonds is 5. The Bertz CT molecular complexity index is 860. The summed E-state index contributed by atoms with van der Waals surface area (Å²) in [4.78, 5) is 19.7. The second kappa shape index (κ2) is 7.88. The highest BCUT2D eigenvalue weighted by molar-refractivity contribution is 5.94. The molecule has 1 heterocycles. The van der Waals surface area contributed by atoms with Crippen LogP contribution in [0.25, 0.3) is 11.1 Å². The van der Waals surface area contributed by atoms with Crippen molar-refractivity contribution in [2.45, 2.75) is 6.42 Å². The summed E-state index contributed by atoms with van der Waals surface area (Å²) in [5.74, 6) is -0.347. The van der Waals surface area contributed by atoms with Crippen LogP contribution in [0.5, 0.6) is 0 Å². The van der Waals surface area contributed by atoms with E-state index in [2.05, 4.69) is 10.1 Å². The third-order valence-corrected chi connectivity index (χ3v) is 3.64. The smallest absolute Gasteiger partial charge is 0.339 e. The fourth-order valence-corrected chi connectivity index (χ4v) is 2.35. The Morgan fingerprint density at radius 3 is 2.28 bits per heavy atom. The first kappa shape index (κ1) is 16.4. The van der Waals surface area contributed by atoms with Gasteiger partial charge in [-0.15, -0.1) is 0 Å². The normalized spacial score (nSPS) is 11.1. The van der Waals surface area contributed by atoms with E-state index in [1.807, 2.05) is 66.7 Å². The number of carbonyl (C=O) groups excluding carboxylic acids is 1. The van der Waals surface area contributed by atoms with E-state index >= 15 is 0 Å². The molecule has 0 aliphatic heterocycles. The van der Waals surface area contributed by atoms with Gasteiger partial charge in [-0.1, -0.05) is 59.8 Å². The van der Waals surface area contributed by atoms with Crippen LogP contribution in [0.1, 0.15) is 11.3 Å². The van der Waals surface area contributed by atoms with Gasteiger partial charge in [0.1, 0.15) is 0 Å². The van der Waals surface area contributed by atoms with E-state index in [9.17, 15) is 4.79 Å². The minimum absolute atomic E-state index is 0.119. The van der Waals surface area contributed by atoms with Gasteiger partial charge < -0.3 is 10.6 Å². The number of nitrogens with two attached hydrogens (primary N) is 1. The molecule has 1 aromatic heterocycles. The van der Waals surface area contributed by atoms with Gasteiger partial charge in [-0.25, -0.2) is 9.78 Å². The summed E-state index contributed by atoms with van der Waals surface area (Å²) in [7, 11) is 0. The van der Waals surface area contributed by atoms with Gasteiger partial charge in [-0.05, 0) is 22.8 Å². The predicted octanol–water partition coefficient (Wildman–Crippen LogP) is 2.57. The van der Waals surface area contributed by atoms with E-state index < -0.39 is 5.97 Å². The lowest BCUT2D eigenvalue weighted by Gasteiger charge is -2.03. The summed E-state index contributed by atoms with van der Waals surface area (Å²) < 4.78 is 0. The number of hydrogen-bond acceptors (Lipinski definition) is 3. The van der Waals surface area contributed by atoms with Gasteiger partial charge in [0.15, 0.2) is 6.20 Å². The highest BCUT2D eigenvalue weighted by Crippen LogP contribution is 2.19. The molecule has 0 atom stereocenters. The summed E-state index contributed by atoms with van der Waals surface area (Å²) in [6.45, 7) is 0. The SMILES string of the molecule is NC(=NOC(=O)Cc1ccc(-c2ccccc2)cc1)c1cccc[nH+]1. The fraction of sp³-hybridized carbons (Fsp3) is 0.0500. The Morgan fingerprint density at radius 2 is 1.60 bits per heavy atom. The topological polar surface area (TPSA) is 78.8 Å². The van der Waals surface area contributed by atoms with Crippen LogP contribution >= 0.6 is 0 Å². The number of nitrogens with zero attached hydrogens (tertiary/aromatic N) is 1. The van der Waals surface area contributed by atoms with Gasteiger partial charge >= 0.3 is 5.97 Å². The van der Waals surface area contributed by atoms with Crippen molar-refractivity contribution in [1.82, 2.24) is 0 Å². The van der Waals surface area contributed by atoms with E-state index in [4.69, 9.17) is 10.6 Å². The van der Waals surface area contributed by atoms with Gasteiger partial charge in [0.2, 0.25) is 11.5 Å². The van der Waals surface area contributed by atoms with Crippen molar-refractivity contribution in [3.05, 3.63) is 90.3 Å². The largest absolute Gasteiger partial charge is 0.375 e. The first-order chi connectivity index (χ1) is 12.2. The van der Waals surface area contributed by atoms with Crippen LogP contribution in [0.15, 0.2) is 84.1 Å². The number of aromatic nitrogens is 1. The number of aromatic amines is 1. The predicted molar refractivity (Wildman–Crippen MR) is 95.4 cm³/mol. The molecule has 5 heteroatoms. The summed E-state index contributed by atoms with van der Waals surface area (Å²) in [5.41, 5.74) is 9.43. The van der Waals surface area contributed by atoms with E-state index in [1.54, 1.807) is 12.3 Å². The van der Waals surface area contributed by atoms with Gasteiger partial charge in [0.25, 0.3) is 0 Å². The molecule has 0 amide bonds. The molecule has 3 aromatic rings. The van der Waals surface area contributed by atoms with Crippen LogP contribution < -0.4 is 10.7 Å². The number of carbonyl (C=O) groups is 1. The Morgan fingerprint density at radius 1 is 0.920 bits per heavy atom. The Labute approximate surface area is 145 Å². The van der Waals surface area contributed by atoms with Gasteiger partial charge in [-0.3, -0.25) is 0 Å². The zero-order valence-electron chi connectivity index (χ0n) is 13.6. The van der Waals surface area contributed by atoms with Gasteiger partial charge in [-0.2, -0.15) is 0 Å². The van der Waals surface area contributed by atoms with Crippen LogP contribution in [0.2, 0.25) is 0 Å². The van der Waals surface area contributed by atoms with Crippen molar-refractivity contribution < 1.29 is 14.6 Å². The van der Waals surface area contributed by atoms with Crippen molar-refractivity contribution in [2.75, 3.05) is 0 Å². The standard InChI is InChI=1S/C20H17N3O2/c21-20(18-8-4-5-13-22-18)23-25-19(24)14-15-9-11-17(12-10-15)16-6-2-1-3-7-16/h1-13H,14H2,(H2,21,23)/p+1. The Balaban J connectivity index is 1.60. The van der Waals surface area contributed by atoms with Crippen LogP contribution in [0, 0.1) is 0 Å². The molecular formula is C20H18N3O2+. The minimum Gasteiger partial charge on any atom is -0.375 e. The molecule has 0 saturated heterocycles. The molecule has 0 aliphatic carbocycles. The molecule has 25 heavy (non-hydrogen) atoms. The van der Waals surface area contributed by atoms with E-state index in [-0.39, 0.29) is 12.3 Å². The number of hydrogen-bond donors (Lipinski definition) is 1. The number of amidine groups is 1. The number of oxime groups is 1. The lowest BCUT2D eigenvalue weighted by Crippen LogP contribution is -2.24. The molecule has 0 unspecified atom stereocenters. The number of benzene rings is 2. The summed E-state index contributed by atoms with van der Waals surface area (Å²) in [6.07, 6.45) is 1.85. The molecule has 5 nitrogen and oxygen atoms in total. The minimum atomic E-state index is -0.466. The molecular weight excluding hydrogens is 314 g/mol.